The Labute approximate surface area is 66.8 Å². The molecule has 2 rings (SSSR count). The van der Waals surface area contributed by atoms with E-state index in [0.29, 0.717) is 6.04 Å². The fourth-order valence-electron chi connectivity index (χ4n) is 1.96. The summed E-state index contributed by atoms with van der Waals surface area (Å²) in [4.78, 5) is 13.2. The third kappa shape index (κ3) is 1.19. The molecule has 1 N–H and O–H groups in total. The fourth-order valence-corrected chi connectivity index (χ4v) is 1.96. The lowest BCUT2D eigenvalue weighted by Crippen LogP contribution is -2.33. The molecule has 0 saturated carbocycles. The summed E-state index contributed by atoms with van der Waals surface area (Å²) in [5.41, 5.74) is 0. The minimum absolute atomic E-state index is 0.150. The van der Waals surface area contributed by atoms with Crippen LogP contribution in [-0.4, -0.2) is 30.1 Å². The highest BCUT2D eigenvalue weighted by atomic mass is 16.2. The smallest absolute Gasteiger partial charge is 0.317 e. The van der Waals surface area contributed by atoms with E-state index in [0.717, 1.165) is 13.1 Å². The van der Waals surface area contributed by atoms with Gasteiger partial charge in [0.05, 0.1) is 6.04 Å². The third-order valence-electron chi connectivity index (χ3n) is 2.63. The molecule has 0 aromatic carbocycles. The number of fused-ring (bicyclic) bond motifs is 1. The van der Waals surface area contributed by atoms with Gasteiger partial charge in [-0.05, 0) is 12.8 Å². The van der Waals surface area contributed by atoms with Gasteiger partial charge < -0.3 is 10.2 Å². The molecule has 2 amide bonds. The SMILES string of the molecule is O=C1NCC2CCCCCN12. The van der Waals surface area contributed by atoms with Gasteiger partial charge in [-0.15, -0.1) is 0 Å². The molecule has 62 valence electrons. The number of urea groups is 1. The Balaban J connectivity index is 2.06. The summed E-state index contributed by atoms with van der Waals surface area (Å²) < 4.78 is 0. The van der Waals surface area contributed by atoms with Crippen molar-refractivity contribution in [2.45, 2.75) is 31.7 Å². The van der Waals surface area contributed by atoms with Crippen LogP contribution in [0.4, 0.5) is 4.79 Å². The third-order valence-corrected chi connectivity index (χ3v) is 2.63. The van der Waals surface area contributed by atoms with E-state index in [1.54, 1.807) is 0 Å². The van der Waals surface area contributed by atoms with Crippen molar-refractivity contribution in [2.75, 3.05) is 13.1 Å². The van der Waals surface area contributed by atoms with Gasteiger partial charge in [-0.1, -0.05) is 12.8 Å². The van der Waals surface area contributed by atoms with Crippen LogP contribution in [0.3, 0.4) is 0 Å². The minimum atomic E-state index is 0.150. The largest absolute Gasteiger partial charge is 0.336 e. The summed E-state index contributed by atoms with van der Waals surface area (Å²) in [7, 11) is 0. The van der Waals surface area contributed by atoms with E-state index < -0.39 is 0 Å². The van der Waals surface area contributed by atoms with E-state index in [-0.39, 0.29) is 6.03 Å². The van der Waals surface area contributed by atoms with Crippen LogP contribution in [0, 0.1) is 0 Å². The van der Waals surface area contributed by atoms with Crippen LogP contribution in [-0.2, 0) is 0 Å². The molecule has 0 aromatic heterocycles. The number of nitrogens with one attached hydrogen (secondary N) is 1. The lowest BCUT2D eigenvalue weighted by molar-refractivity contribution is 0.205. The zero-order valence-electron chi connectivity index (χ0n) is 6.68. The van der Waals surface area contributed by atoms with Crippen LogP contribution in [0.1, 0.15) is 25.7 Å². The molecule has 3 heteroatoms. The molecule has 2 saturated heterocycles. The van der Waals surface area contributed by atoms with Crippen molar-refractivity contribution in [1.29, 1.82) is 0 Å². The second-order valence-corrected chi connectivity index (χ2v) is 3.38. The molecular weight excluding hydrogens is 140 g/mol. The summed E-state index contributed by atoms with van der Waals surface area (Å²) in [6.45, 7) is 1.84. The van der Waals surface area contributed by atoms with Crippen LogP contribution in [0.25, 0.3) is 0 Å². The number of carbonyl (C=O) groups excluding carboxylic acids is 1. The summed E-state index contributed by atoms with van der Waals surface area (Å²) in [6, 6.07) is 0.655. The van der Waals surface area contributed by atoms with Gasteiger partial charge in [-0.25, -0.2) is 4.79 Å². The maximum Gasteiger partial charge on any atom is 0.317 e. The zero-order chi connectivity index (χ0) is 7.68. The molecule has 2 heterocycles. The van der Waals surface area contributed by atoms with Crippen molar-refractivity contribution in [3.05, 3.63) is 0 Å². The lowest BCUT2D eigenvalue weighted by Gasteiger charge is -2.18. The standard InChI is InChI=1S/C8H14N2O/c11-8-9-6-7-4-2-1-3-5-10(7)8/h7H,1-6H2,(H,9,11). The fraction of sp³-hybridized carbons (Fsp3) is 0.875. The van der Waals surface area contributed by atoms with Crippen LogP contribution < -0.4 is 5.32 Å². The average Bonchev–Trinajstić information content (AvgIpc) is 2.25. The van der Waals surface area contributed by atoms with Gasteiger partial charge in [0.1, 0.15) is 0 Å². The number of carbonyl (C=O) groups is 1. The monoisotopic (exact) mass is 154 g/mol. The number of hydrogen-bond donors (Lipinski definition) is 1. The number of nitrogens with zero attached hydrogens (tertiary/aromatic N) is 1. The topological polar surface area (TPSA) is 32.3 Å². The highest BCUT2D eigenvalue weighted by Crippen LogP contribution is 2.19. The van der Waals surface area contributed by atoms with Gasteiger partial charge in [-0.2, -0.15) is 0 Å². The Kier molecular flexibility index (Phi) is 1.72. The van der Waals surface area contributed by atoms with E-state index >= 15 is 0 Å². The highest BCUT2D eigenvalue weighted by Gasteiger charge is 2.30. The quantitative estimate of drug-likeness (QED) is 0.553. The molecule has 0 spiro atoms. The molecule has 1 unspecified atom stereocenters. The first-order chi connectivity index (χ1) is 5.38. The number of rotatable bonds is 0. The summed E-state index contributed by atoms with van der Waals surface area (Å²) >= 11 is 0. The molecule has 0 aromatic rings. The normalized spacial score (nSPS) is 31.1. The van der Waals surface area contributed by atoms with Crippen molar-refractivity contribution >= 4 is 6.03 Å². The molecule has 2 fully saturated rings. The maximum absolute atomic E-state index is 11.2. The predicted octanol–water partition coefficient (Wildman–Crippen LogP) is 0.954. The molecule has 11 heavy (non-hydrogen) atoms. The van der Waals surface area contributed by atoms with Crippen molar-refractivity contribution < 1.29 is 4.79 Å². The Bertz CT molecular complexity index is 169. The minimum Gasteiger partial charge on any atom is -0.336 e. The predicted molar refractivity (Wildman–Crippen MR) is 42.4 cm³/mol. The van der Waals surface area contributed by atoms with Gasteiger partial charge in [0.25, 0.3) is 0 Å². The summed E-state index contributed by atoms with van der Waals surface area (Å²) in [6.07, 6.45) is 4.96. The first kappa shape index (κ1) is 6.95. The Morgan fingerprint density at radius 2 is 2.27 bits per heavy atom. The van der Waals surface area contributed by atoms with Gasteiger partial charge in [0.2, 0.25) is 0 Å². The second kappa shape index (κ2) is 2.72. The van der Waals surface area contributed by atoms with E-state index in [2.05, 4.69) is 5.32 Å². The van der Waals surface area contributed by atoms with Crippen LogP contribution in [0.5, 0.6) is 0 Å². The van der Waals surface area contributed by atoms with Crippen LogP contribution in [0.2, 0.25) is 0 Å². The first-order valence-electron chi connectivity index (χ1n) is 4.42. The first-order valence-corrected chi connectivity index (χ1v) is 4.42. The van der Waals surface area contributed by atoms with E-state index in [1.807, 2.05) is 4.90 Å². The molecule has 0 radical (unpaired) electrons. The number of amides is 2. The highest BCUT2D eigenvalue weighted by molar-refractivity contribution is 5.76. The molecule has 0 aliphatic carbocycles. The Hall–Kier alpha value is -0.730. The number of hydrogen-bond acceptors (Lipinski definition) is 1. The molecule has 3 nitrogen and oxygen atoms in total. The van der Waals surface area contributed by atoms with Gasteiger partial charge >= 0.3 is 6.03 Å². The van der Waals surface area contributed by atoms with Crippen LogP contribution >= 0.6 is 0 Å². The van der Waals surface area contributed by atoms with Crippen molar-refractivity contribution in [3.8, 4) is 0 Å². The molecule has 1 atom stereocenters. The van der Waals surface area contributed by atoms with Crippen molar-refractivity contribution in [3.63, 3.8) is 0 Å². The van der Waals surface area contributed by atoms with Gasteiger partial charge in [0.15, 0.2) is 0 Å². The lowest BCUT2D eigenvalue weighted by atomic mass is 10.1. The summed E-state index contributed by atoms with van der Waals surface area (Å²) in [5, 5.41) is 2.88. The average molecular weight is 154 g/mol. The van der Waals surface area contributed by atoms with Crippen LogP contribution in [0.15, 0.2) is 0 Å². The zero-order valence-corrected chi connectivity index (χ0v) is 6.68. The Morgan fingerprint density at radius 3 is 3.18 bits per heavy atom. The van der Waals surface area contributed by atoms with Crippen molar-refractivity contribution in [2.24, 2.45) is 0 Å². The van der Waals surface area contributed by atoms with E-state index in [9.17, 15) is 4.79 Å². The summed E-state index contributed by atoms with van der Waals surface area (Å²) in [5.74, 6) is 0. The maximum atomic E-state index is 11.2. The van der Waals surface area contributed by atoms with Gasteiger partial charge in [-0.3, -0.25) is 0 Å². The van der Waals surface area contributed by atoms with Crippen molar-refractivity contribution in [1.82, 2.24) is 10.2 Å². The Morgan fingerprint density at radius 1 is 1.36 bits per heavy atom. The molecular formula is C8H14N2O. The van der Waals surface area contributed by atoms with E-state index in [1.165, 1.54) is 25.7 Å². The van der Waals surface area contributed by atoms with E-state index in [4.69, 9.17) is 0 Å². The second-order valence-electron chi connectivity index (χ2n) is 3.38. The van der Waals surface area contributed by atoms with Gasteiger partial charge in [0, 0.05) is 13.1 Å². The molecule has 2 aliphatic heterocycles. The molecule has 2 aliphatic rings. The molecule has 0 bridgehead atoms.